The van der Waals surface area contributed by atoms with E-state index >= 15 is 0 Å². The van der Waals surface area contributed by atoms with Crippen LogP contribution in [0.15, 0.2) is 0 Å². The molecule has 0 unspecified atom stereocenters. The highest BCUT2D eigenvalue weighted by Crippen LogP contribution is 2.23. The van der Waals surface area contributed by atoms with Crippen LogP contribution < -0.4 is 118 Å². The molecule has 0 radical (unpaired) electrons. The molecule has 0 saturated carbocycles. The maximum absolute atomic E-state index is 14.3. The number of primary amides is 1. The highest BCUT2D eigenvalue weighted by atomic mass is 32.1. The van der Waals surface area contributed by atoms with Gasteiger partial charge in [-0.2, -0.15) is 12.6 Å². The number of carbonyl (C=O) groups excluding carboxylic acids is 21. The number of carbonyl (C=O) groups is 24. The summed E-state index contributed by atoms with van der Waals surface area (Å²) >= 11 is 3.87. The molecule has 2 heterocycles. The Bertz CT molecular complexity index is 4630. The number of nitrogens with two attached hydrogens (primary N) is 3. The minimum atomic E-state index is -1.90. The Morgan fingerprint density at radius 1 is 0.342 bits per heavy atom. The molecule has 22 atom stereocenters. The second-order valence-electron chi connectivity index (χ2n) is 37.8. The minimum absolute atomic E-state index is 0.0430. The zero-order chi connectivity index (χ0) is 113. The first-order chi connectivity index (χ1) is 69.7. The summed E-state index contributed by atoms with van der Waals surface area (Å²) in [5.41, 5.74) is 16.6. The van der Waals surface area contributed by atoms with E-state index in [1.54, 1.807) is 55.4 Å². The summed E-state index contributed by atoms with van der Waals surface area (Å²) in [6, 6.07) is -31.6. The Hall–Kier alpha value is -13.4. The van der Waals surface area contributed by atoms with Crippen LogP contribution in [0.2, 0.25) is 0 Å². The van der Waals surface area contributed by atoms with Crippen molar-refractivity contribution >= 4 is 161 Å². The predicted octanol–water partition coefficient (Wildman–Crippen LogP) is -14.1. The van der Waals surface area contributed by atoms with E-state index in [4.69, 9.17) is 27.7 Å². The average Bonchev–Trinajstić information content (AvgIpc) is 1.70. The summed E-state index contributed by atoms with van der Waals surface area (Å²) in [4.78, 5) is 325. The van der Waals surface area contributed by atoms with Gasteiger partial charge in [-0.3, -0.25) is 116 Å². The number of carboxylic acid groups (broad SMARTS) is 3. The van der Waals surface area contributed by atoms with Gasteiger partial charge in [0.05, 0.1) is 63.9 Å². The minimum Gasteiger partial charge on any atom is -0.481 e. The first-order valence-electron chi connectivity index (χ1n) is 48.5. The highest BCUT2D eigenvalue weighted by Gasteiger charge is 2.45. The SMILES string of the molecule is CC(C)C[C@H](NC(=O)[C@H](CO)NC(=O)[C@H](CC(C)C)NC(=O)[C@@H](NC(=O)CNC(=O)[C@@H]1CCCN1C(=O)[C@H](CO)NC(=O)[C@H](CCC(N)=O)NC(=O)[C@@H](NC(=O)[C@H](CC(C)C)NC(=O)[C@@H](N)CCC(=O)O)[C@@H](C)O)[C@@H](C)O)C(=O)N[C@@H](CO)C(=O)N1CCC[C@H]1C(=O)NCC(=O)N[C@@H](CCC(=O)O)C(=O)N[C@@H](CCCNC(=N)N)C(=O)N[C@@H](C)C(=O)N[C@H](C(=O)N[C@@H](CC(C)C)C(=O)N[C@@H](CO)C(=O)N[C@@H](CS)C(=O)O)[C@@H](C)O. The lowest BCUT2D eigenvalue weighted by Gasteiger charge is -2.30. The van der Waals surface area contributed by atoms with Crippen LogP contribution in [0, 0.1) is 29.1 Å². The van der Waals surface area contributed by atoms with Gasteiger partial charge < -0.3 is 179 Å². The molecule has 36 N–H and O–H groups in total. The van der Waals surface area contributed by atoms with Crippen molar-refractivity contribution in [2.24, 2.45) is 40.9 Å². The number of hydrogen-bond acceptors (Lipinski definition) is 34. The van der Waals surface area contributed by atoms with Gasteiger partial charge in [0.1, 0.15) is 109 Å². The van der Waals surface area contributed by atoms with Crippen LogP contribution in [0.5, 0.6) is 0 Å². The van der Waals surface area contributed by atoms with Gasteiger partial charge >= 0.3 is 17.9 Å². The van der Waals surface area contributed by atoms with Crippen molar-refractivity contribution in [3.8, 4) is 0 Å². The summed E-state index contributed by atoms with van der Waals surface area (Å²) < 4.78 is 0. The van der Waals surface area contributed by atoms with Gasteiger partial charge in [-0.15, -0.1) is 0 Å². The molecule has 59 nitrogen and oxygen atoms in total. The molecule has 0 bridgehead atoms. The van der Waals surface area contributed by atoms with Crippen LogP contribution in [-0.4, -0.2) is 407 Å². The normalized spacial score (nSPS) is 17.3. The third-order valence-electron chi connectivity index (χ3n) is 23.1. The number of thiol groups is 1. The van der Waals surface area contributed by atoms with E-state index in [2.05, 4.69) is 114 Å². The van der Waals surface area contributed by atoms with Gasteiger partial charge in [0.25, 0.3) is 0 Å². The van der Waals surface area contributed by atoms with Crippen LogP contribution in [0.1, 0.15) is 186 Å². The lowest BCUT2D eigenvalue weighted by Crippen LogP contribution is -2.62. The van der Waals surface area contributed by atoms with Crippen LogP contribution in [0.25, 0.3) is 0 Å². The number of guanidine groups is 1. The largest absolute Gasteiger partial charge is 0.481 e. The zero-order valence-corrected chi connectivity index (χ0v) is 86.1. The van der Waals surface area contributed by atoms with Gasteiger partial charge in [0.15, 0.2) is 5.96 Å². The lowest BCUT2D eigenvalue weighted by atomic mass is 10.0. The molecule has 2 fully saturated rings. The van der Waals surface area contributed by atoms with Crippen LogP contribution in [0.4, 0.5) is 0 Å². The third-order valence-corrected chi connectivity index (χ3v) is 23.5. The molecule has 0 aromatic rings. The Morgan fingerprint density at radius 3 is 1.00 bits per heavy atom. The fraction of sp³-hybridized carbons (Fsp3) is 0.719. The number of likely N-dealkylation sites (tertiary alicyclic amines) is 2. The van der Waals surface area contributed by atoms with Gasteiger partial charge in [-0.25, -0.2) is 4.79 Å². The number of carboxylic acids is 3. The Balaban J connectivity index is 2.26. The van der Waals surface area contributed by atoms with Crippen LogP contribution in [-0.2, 0) is 115 Å². The number of nitrogens with one attached hydrogen (secondary N) is 20. The summed E-state index contributed by atoms with van der Waals surface area (Å²) in [6.07, 6.45) is -9.27. The fourth-order valence-electron chi connectivity index (χ4n) is 15.2. The van der Waals surface area contributed by atoms with Crippen molar-refractivity contribution in [3.63, 3.8) is 0 Å². The van der Waals surface area contributed by atoms with Crippen molar-refractivity contribution < 1.29 is 166 Å². The molecule has 0 aromatic carbocycles. The smallest absolute Gasteiger partial charge is 0.327 e. The average molecular weight is 2150 g/mol. The molecule has 21 amide bonds. The first-order valence-corrected chi connectivity index (χ1v) is 49.2. The second-order valence-corrected chi connectivity index (χ2v) is 38.2. The van der Waals surface area contributed by atoms with E-state index in [1.165, 1.54) is 0 Å². The summed E-state index contributed by atoms with van der Waals surface area (Å²) in [6.45, 7) is 10.8. The summed E-state index contributed by atoms with van der Waals surface area (Å²) in [5.74, 6) is -29.6. The molecule has 2 saturated heterocycles. The van der Waals surface area contributed by atoms with E-state index in [1.807, 2.05) is 0 Å². The topological polar surface area (TPSA) is 949 Å². The third kappa shape index (κ3) is 46.9. The van der Waals surface area contributed by atoms with Crippen molar-refractivity contribution in [2.75, 3.05) is 64.9 Å². The van der Waals surface area contributed by atoms with Gasteiger partial charge in [0.2, 0.25) is 124 Å². The van der Waals surface area contributed by atoms with Crippen LogP contribution in [0.3, 0.4) is 0 Å². The van der Waals surface area contributed by atoms with Gasteiger partial charge in [0, 0.05) is 44.6 Å². The molecule has 0 aliphatic carbocycles. The molecular weight excluding hydrogens is 2000 g/mol. The molecule has 2 aliphatic heterocycles. The maximum atomic E-state index is 14.3. The number of hydrogen-bond donors (Lipinski definition) is 34. The fourth-order valence-corrected chi connectivity index (χ4v) is 15.4. The van der Waals surface area contributed by atoms with Gasteiger partial charge in [-0.05, 0) is 135 Å². The second kappa shape index (κ2) is 66.1. The molecule has 149 heavy (non-hydrogen) atoms. The molecule has 2 aliphatic rings. The molecule has 0 aromatic heterocycles. The van der Waals surface area contributed by atoms with E-state index in [0.29, 0.717) is 0 Å². The summed E-state index contributed by atoms with van der Waals surface area (Å²) in [7, 11) is 0. The quantitative estimate of drug-likeness (QED) is 0.0116. The van der Waals surface area contributed by atoms with Crippen molar-refractivity contribution in [1.29, 1.82) is 5.41 Å². The number of amides is 21. The van der Waals surface area contributed by atoms with Crippen molar-refractivity contribution in [1.82, 2.24) is 111 Å². The maximum Gasteiger partial charge on any atom is 0.327 e. The standard InChI is InChI=1S/C89H151N25O34S/c1-39(2)28-51(77(136)108-58(37-118)87(146)114-27-14-17-60(114)81(140)95-32-63(123)98-49(21-24-66(127)128)73(132)99-48(16-13-25-94-89(92)93)72(131)97-43(9)70(129)111-68(45(11)120)85(144)104-53(30-41(5)6)76(135)106-56(35-116)80(139)109-59(38-149)88(147)148)102-79(138)55(34-115)105-75(134)52(29-40(3)4)103-83(142)67(44(10)119)110-64(124)33-96-82(141)61-18-15-26-113(61)86(145)57(36-117)107-74(133)50(20-22-62(91)122)100-84(143)69(46(12)121)112-78(137)54(31-42(7)8)101-71(130)47(90)19-23-65(125)126/h39-61,67-69,115-121,149H,13-38,90H2,1-12H3,(H2,91,122)(H,95,140)(H,96,141)(H,97,131)(H,98,123)(H,99,132)(H,100,143)(H,101,130)(H,102,138)(H,103,142)(H,104,144)(H,105,134)(H,106,135)(H,107,133)(H,108,136)(H,109,139)(H,110,124)(H,111,129)(H,112,137)(H,125,126)(H,127,128)(H,147,148)(H4,92,93,94)/t43-,44+,45+,46+,47-,48-,49-,50-,51-,52-,53-,54-,55-,56-,57-,58-,59-,60-,61-,67-,68-,69-/m0/s1. The Kier molecular flexibility index (Phi) is 58.4. The number of rotatable bonds is 68. The lowest BCUT2D eigenvalue weighted by molar-refractivity contribution is -0.143. The molecule has 842 valence electrons. The first kappa shape index (κ1) is 132. The van der Waals surface area contributed by atoms with Crippen molar-refractivity contribution in [3.05, 3.63) is 0 Å². The number of aliphatic carboxylic acids is 3. The number of aliphatic hydroxyl groups excluding tert-OH is 7. The van der Waals surface area contributed by atoms with E-state index in [9.17, 15) is 161 Å². The summed E-state index contributed by atoms with van der Waals surface area (Å²) in [5, 5.41) is 153. The number of nitrogens with zero attached hydrogens (tertiary/aromatic N) is 2. The van der Waals surface area contributed by atoms with Gasteiger partial charge in [-0.1, -0.05) is 55.4 Å². The Morgan fingerprint density at radius 2 is 0.638 bits per heavy atom. The van der Waals surface area contributed by atoms with E-state index in [0.717, 1.165) is 37.5 Å². The predicted molar refractivity (Wildman–Crippen MR) is 524 cm³/mol. The molecular formula is C89H151N25O34S. The Labute approximate surface area is 863 Å². The van der Waals surface area contributed by atoms with Crippen molar-refractivity contribution in [2.45, 2.75) is 319 Å². The van der Waals surface area contributed by atoms with E-state index < -0.39 is 364 Å². The molecule has 2 rings (SSSR count). The zero-order valence-electron chi connectivity index (χ0n) is 85.2. The molecule has 60 heteroatoms. The molecule has 0 spiro atoms. The monoisotopic (exact) mass is 2150 g/mol. The highest BCUT2D eigenvalue weighted by molar-refractivity contribution is 7.80. The van der Waals surface area contributed by atoms with E-state index in [-0.39, 0.29) is 108 Å². The van der Waals surface area contributed by atoms with Crippen LogP contribution >= 0.6 is 12.6 Å². The number of aliphatic hydroxyl groups is 7.